The molecule has 0 radical (unpaired) electrons. The molecule has 0 spiro atoms. The second-order valence-corrected chi connectivity index (χ2v) is 3.73. The topological polar surface area (TPSA) is 50.3 Å². The van der Waals surface area contributed by atoms with Crippen LogP contribution in [-0.2, 0) is 4.79 Å². The molecule has 1 aliphatic rings. The summed E-state index contributed by atoms with van der Waals surface area (Å²) in [6.07, 6.45) is 2.21. The van der Waals surface area contributed by atoms with Crippen molar-refractivity contribution in [1.29, 1.82) is 0 Å². The van der Waals surface area contributed by atoms with Crippen LogP contribution in [-0.4, -0.2) is 34.7 Å². The van der Waals surface area contributed by atoms with Crippen LogP contribution in [0.1, 0.15) is 23.3 Å². The molecule has 0 aromatic carbocycles. The van der Waals surface area contributed by atoms with Crippen LogP contribution in [0.15, 0.2) is 18.3 Å². The summed E-state index contributed by atoms with van der Waals surface area (Å²) in [5.74, 6) is -0.735. The third-order valence-corrected chi connectivity index (χ3v) is 2.48. The minimum absolute atomic E-state index is 0.0571. The summed E-state index contributed by atoms with van der Waals surface area (Å²) in [5.41, 5.74) is 0.177. The Hall–Kier alpha value is -1.78. The smallest absolute Gasteiger partial charge is 0.272 e. The molecule has 4 nitrogen and oxygen atoms in total. The van der Waals surface area contributed by atoms with E-state index in [9.17, 15) is 14.0 Å². The van der Waals surface area contributed by atoms with Crippen molar-refractivity contribution in [1.82, 2.24) is 9.88 Å². The van der Waals surface area contributed by atoms with Gasteiger partial charge in [0.05, 0.1) is 12.7 Å². The number of piperidine rings is 1. The van der Waals surface area contributed by atoms with Gasteiger partial charge in [0.2, 0.25) is 0 Å². The Labute approximate surface area is 92.1 Å². The van der Waals surface area contributed by atoms with Crippen LogP contribution in [0.2, 0.25) is 0 Å². The summed E-state index contributed by atoms with van der Waals surface area (Å²) in [7, 11) is 0. The van der Waals surface area contributed by atoms with E-state index in [-0.39, 0.29) is 23.9 Å². The number of aromatic nitrogens is 1. The van der Waals surface area contributed by atoms with Crippen molar-refractivity contribution in [3.05, 3.63) is 29.8 Å². The molecule has 5 heteroatoms. The average Bonchev–Trinajstić information content (AvgIpc) is 2.29. The Morgan fingerprint density at radius 2 is 2.25 bits per heavy atom. The maximum absolute atomic E-state index is 12.6. The Balaban J connectivity index is 2.12. The van der Waals surface area contributed by atoms with Crippen molar-refractivity contribution >= 4 is 11.7 Å². The number of halogens is 1. The molecule has 1 aromatic heterocycles. The number of rotatable bonds is 1. The van der Waals surface area contributed by atoms with Crippen LogP contribution in [0.3, 0.4) is 0 Å². The molecule has 0 bridgehead atoms. The van der Waals surface area contributed by atoms with Gasteiger partial charge in [0, 0.05) is 13.0 Å². The summed E-state index contributed by atoms with van der Waals surface area (Å²) in [6, 6.07) is 2.52. The zero-order chi connectivity index (χ0) is 11.5. The van der Waals surface area contributed by atoms with Gasteiger partial charge in [0.1, 0.15) is 11.5 Å². The van der Waals surface area contributed by atoms with E-state index in [4.69, 9.17) is 0 Å². The SMILES string of the molecule is O=C1CCCN(C(=O)c2ccc(F)cn2)C1. The summed E-state index contributed by atoms with van der Waals surface area (Å²) < 4.78 is 12.6. The predicted octanol–water partition coefficient (Wildman–Crippen LogP) is 1.03. The van der Waals surface area contributed by atoms with Crippen LogP contribution < -0.4 is 0 Å². The highest BCUT2D eigenvalue weighted by Crippen LogP contribution is 2.10. The zero-order valence-corrected chi connectivity index (χ0v) is 8.65. The second-order valence-electron chi connectivity index (χ2n) is 3.73. The molecule has 0 N–H and O–H groups in total. The van der Waals surface area contributed by atoms with Gasteiger partial charge in [-0.05, 0) is 18.6 Å². The van der Waals surface area contributed by atoms with E-state index in [1.165, 1.54) is 17.0 Å². The number of amides is 1. The first-order chi connectivity index (χ1) is 7.66. The summed E-state index contributed by atoms with van der Waals surface area (Å²) in [5, 5.41) is 0. The first-order valence-corrected chi connectivity index (χ1v) is 5.09. The first kappa shape index (κ1) is 10.7. The number of hydrogen-bond donors (Lipinski definition) is 0. The third-order valence-electron chi connectivity index (χ3n) is 2.48. The fourth-order valence-corrected chi connectivity index (χ4v) is 1.68. The number of ketones is 1. The monoisotopic (exact) mass is 222 g/mol. The first-order valence-electron chi connectivity index (χ1n) is 5.09. The number of carbonyl (C=O) groups excluding carboxylic acids is 2. The molecular weight excluding hydrogens is 211 g/mol. The minimum Gasteiger partial charge on any atom is -0.330 e. The number of likely N-dealkylation sites (tertiary alicyclic amines) is 1. The second kappa shape index (κ2) is 4.38. The molecule has 2 heterocycles. The number of pyridine rings is 1. The van der Waals surface area contributed by atoms with Gasteiger partial charge in [-0.1, -0.05) is 0 Å². The molecular formula is C11H11FN2O2. The van der Waals surface area contributed by atoms with E-state index in [2.05, 4.69) is 4.98 Å². The van der Waals surface area contributed by atoms with Gasteiger partial charge in [-0.15, -0.1) is 0 Å². The number of nitrogens with zero attached hydrogens (tertiary/aromatic N) is 2. The Bertz CT molecular complexity index is 416. The highest BCUT2D eigenvalue weighted by Gasteiger charge is 2.23. The molecule has 0 atom stereocenters. The molecule has 1 fully saturated rings. The lowest BCUT2D eigenvalue weighted by Crippen LogP contribution is -2.40. The maximum Gasteiger partial charge on any atom is 0.272 e. The fraction of sp³-hybridized carbons (Fsp3) is 0.364. The molecule has 16 heavy (non-hydrogen) atoms. The van der Waals surface area contributed by atoms with E-state index in [1.807, 2.05) is 0 Å². The molecule has 1 aromatic rings. The van der Waals surface area contributed by atoms with E-state index in [1.54, 1.807) is 0 Å². The zero-order valence-electron chi connectivity index (χ0n) is 8.65. The average molecular weight is 222 g/mol. The van der Waals surface area contributed by atoms with Gasteiger partial charge in [0.25, 0.3) is 5.91 Å². The van der Waals surface area contributed by atoms with E-state index in [0.29, 0.717) is 19.4 Å². The maximum atomic E-state index is 12.6. The largest absolute Gasteiger partial charge is 0.330 e. The van der Waals surface area contributed by atoms with Crippen LogP contribution in [0, 0.1) is 5.82 Å². The van der Waals surface area contributed by atoms with Crippen molar-refractivity contribution in [2.24, 2.45) is 0 Å². The molecule has 84 valence electrons. The minimum atomic E-state index is -0.480. The van der Waals surface area contributed by atoms with Gasteiger partial charge in [-0.25, -0.2) is 9.37 Å². The number of Topliss-reactive ketones (excluding diaryl/α,β-unsaturated/α-hetero) is 1. The molecule has 1 aliphatic heterocycles. The molecule has 1 amide bonds. The standard InChI is InChI=1S/C11H11FN2O2/c12-8-3-4-10(13-6-8)11(16)14-5-1-2-9(15)7-14/h3-4,6H,1-2,5,7H2. The Morgan fingerprint density at radius 3 is 2.88 bits per heavy atom. The molecule has 0 saturated carbocycles. The quantitative estimate of drug-likeness (QED) is 0.713. The molecule has 1 saturated heterocycles. The van der Waals surface area contributed by atoms with Crippen LogP contribution >= 0.6 is 0 Å². The van der Waals surface area contributed by atoms with Crippen molar-refractivity contribution < 1.29 is 14.0 Å². The van der Waals surface area contributed by atoms with Crippen molar-refractivity contribution in [3.63, 3.8) is 0 Å². The van der Waals surface area contributed by atoms with Gasteiger partial charge in [-0.2, -0.15) is 0 Å². The van der Waals surface area contributed by atoms with Crippen molar-refractivity contribution in [2.75, 3.05) is 13.1 Å². The van der Waals surface area contributed by atoms with Crippen LogP contribution in [0.25, 0.3) is 0 Å². The van der Waals surface area contributed by atoms with Gasteiger partial charge >= 0.3 is 0 Å². The lowest BCUT2D eigenvalue weighted by molar-refractivity contribution is -0.121. The predicted molar refractivity (Wildman–Crippen MR) is 54.3 cm³/mol. The summed E-state index contributed by atoms with van der Waals surface area (Å²) in [6.45, 7) is 0.696. The fourth-order valence-electron chi connectivity index (χ4n) is 1.68. The Morgan fingerprint density at radius 1 is 1.44 bits per heavy atom. The summed E-state index contributed by atoms with van der Waals surface area (Å²) in [4.78, 5) is 28.2. The number of hydrogen-bond acceptors (Lipinski definition) is 3. The van der Waals surface area contributed by atoms with E-state index >= 15 is 0 Å². The highest BCUT2D eigenvalue weighted by atomic mass is 19.1. The lowest BCUT2D eigenvalue weighted by atomic mass is 10.1. The van der Waals surface area contributed by atoms with Crippen molar-refractivity contribution in [3.8, 4) is 0 Å². The molecule has 2 rings (SSSR count). The van der Waals surface area contributed by atoms with Gasteiger partial charge < -0.3 is 4.90 Å². The van der Waals surface area contributed by atoms with Gasteiger partial charge in [-0.3, -0.25) is 9.59 Å². The summed E-state index contributed by atoms with van der Waals surface area (Å²) >= 11 is 0. The highest BCUT2D eigenvalue weighted by molar-refractivity contribution is 5.95. The molecule has 0 unspecified atom stereocenters. The third kappa shape index (κ3) is 2.24. The normalized spacial score (nSPS) is 16.3. The van der Waals surface area contributed by atoms with E-state index < -0.39 is 5.82 Å². The Kier molecular flexibility index (Phi) is 2.94. The van der Waals surface area contributed by atoms with Crippen LogP contribution in [0.4, 0.5) is 4.39 Å². The van der Waals surface area contributed by atoms with Crippen molar-refractivity contribution in [2.45, 2.75) is 12.8 Å². The molecule has 0 aliphatic carbocycles. The van der Waals surface area contributed by atoms with Crippen LogP contribution in [0.5, 0.6) is 0 Å². The number of carbonyl (C=O) groups is 2. The van der Waals surface area contributed by atoms with E-state index in [0.717, 1.165) is 6.20 Å². The van der Waals surface area contributed by atoms with Gasteiger partial charge in [0.15, 0.2) is 5.78 Å². The lowest BCUT2D eigenvalue weighted by Gasteiger charge is -2.25.